The van der Waals surface area contributed by atoms with Gasteiger partial charge in [0.25, 0.3) is 11.1 Å². The Balaban J connectivity index is 1.51. The number of nitrogens with one attached hydrogen (secondary N) is 2. The van der Waals surface area contributed by atoms with Gasteiger partial charge in [0.1, 0.15) is 23.1 Å². The normalized spacial score (nSPS) is 20.8. The van der Waals surface area contributed by atoms with Gasteiger partial charge in [-0.05, 0) is 50.1 Å². The van der Waals surface area contributed by atoms with E-state index in [9.17, 15) is 9.59 Å². The van der Waals surface area contributed by atoms with E-state index in [1.54, 1.807) is 16.8 Å². The molecule has 2 unspecified atom stereocenters. The Hall–Kier alpha value is -4.17. The van der Waals surface area contributed by atoms with Crippen molar-refractivity contribution in [1.82, 2.24) is 24.6 Å². The standard InChI is InChI=1S/C30H29N5O3/c1-16-9-17(2)11-19(10-16)20-13-24-28-25(14-20)38-21-12-18(3)34(15-21)7-8-35-30(37)23-6-4-5-22(26(23)33-35)27(32-28)29(36)31-24/h4-6,9-11,13-14,18,21,33H,7-8,12,15H2,1-3H3,(H,31,36)/t18-,21?/m1/s1. The van der Waals surface area contributed by atoms with Crippen molar-refractivity contribution < 1.29 is 4.74 Å². The molecule has 8 heteroatoms. The van der Waals surface area contributed by atoms with Crippen LogP contribution in [-0.2, 0) is 6.54 Å². The van der Waals surface area contributed by atoms with Gasteiger partial charge >= 0.3 is 0 Å². The number of benzene rings is 3. The summed E-state index contributed by atoms with van der Waals surface area (Å²) in [5.41, 5.74) is 6.69. The summed E-state index contributed by atoms with van der Waals surface area (Å²) >= 11 is 0. The summed E-state index contributed by atoms with van der Waals surface area (Å²) in [6.07, 6.45) is 0.844. The lowest BCUT2D eigenvalue weighted by Crippen LogP contribution is -2.33. The van der Waals surface area contributed by atoms with Crippen LogP contribution in [0.3, 0.4) is 0 Å². The number of hydrogen-bond donors (Lipinski definition) is 2. The Morgan fingerprint density at radius 3 is 2.61 bits per heavy atom. The smallest absolute Gasteiger partial charge is 0.275 e. The molecule has 0 aliphatic carbocycles. The first-order valence-electron chi connectivity index (χ1n) is 13.1. The lowest BCUT2D eigenvalue weighted by atomic mass is 9.99. The maximum Gasteiger partial charge on any atom is 0.275 e. The van der Waals surface area contributed by atoms with Gasteiger partial charge in [-0.3, -0.25) is 24.3 Å². The van der Waals surface area contributed by atoms with Crippen molar-refractivity contribution in [2.75, 3.05) is 13.1 Å². The second-order valence-corrected chi connectivity index (χ2v) is 10.8. The van der Waals surface area contributed by atoms with Gasteiger partial charge in [0.2, 0.25) is 0 Å². The van der Waals surface area contributed by atoms with Gasteiger partial charge in [0.15, 0.2) is 0 Å². The van der Waals surface area contributed by atoms with Crippen LogP contribution in [0.5, 0.6) is 5.75 Å². The Morgan fingerprint density at radius 2 is 1.79 bits per heavy atom. The first-order valence-corrected chi connectivity index (χ1v) is 13.1. The van der Waals surface area contributed by atoms with Crippen LogP contribution in [-0.4, -0.2) is 49.9 Å². The molecular weight excluding hydrogens is 478 g/mol. The van der Waals surface area contributed by atoms with E-state index in [0.717, 1.165) is 30.6 Å². The minimum absolute atomic E-state index is 0.0262. The van der Waals surface area contributed by atoms with E-state index in [1.165, 1.54) is 11.1 Å². The third-order valence-corrected chi connectivity index (χ3v) is 7.93. The summed E-state index contributed by atoms with van der Waals surface area (Å²) in [4.78, 5) is 36.9. The van der Waals surface area contributed by atoms with Crippen LogP contribution in [0.1, 0.15) is 24.5 Å². The van der Waals surface area contributed by atoms with Gasteiger partial charge in [-0.15, -0.1) is 0 Å². The van der Waals surface area contributed by atoms with Crippen molar-refractivity contribution in [2.24, 2.45) is 0 Å². The SMILES string of the molecule is Cc1cc(C)cc(-c2cc3c4nc(c(=O)[nH]c4c2)-c2cccc4c(=O)n([nH]c24)CCN2CC(C[C@H]2C)O3)c1. The van der Waals surface area contributed by atoms with Gasteiger partial charge in [0, 0.05) is 31.1 Å². The second kappa shape index (κ2) is 8.43. The number of aromatic nitrogens is 4. The number of aryl methyl sites for hydroxylation is 2. The van der Waals surface area contributed by atoms with E-state index in [-0.39, 0.29) is 22.9 Å². The van der Waals surface area contributed by atoms with E-state index < -0.39 is 0 Å². The number of para-hydroxylation sites is 1. The summed E-state index contributed by atoms with van der Waals surface area (Å²) in [5.74, 6) is 0.656. The molecule has 0 saturated carbocycles. The third kappa shape index (κ3) is 3.67. The molecule has 1 fully saturated rings. The fourth-order valence-corrected chi connectivity index (χ4v) is 6.13. The molecule has 3 aromatic carbocycles. The van der Waals surface area contributed by atoms with Crippen molar-refractivity contribution in [3.05, 3.63) is 80.4 Å². The molecule has 1 saturated heterocycles. The monoisotopic (exact) mass is 507 g/mol. The Bertz CT molecular complexity index is 1840. The summed E-state index contributed by atoms with van der Waals surface area (Å²) in [5, 5.41) is 3.81. The van der Waals surface area contributed by atoms with Crippen molar-refractivity contribution in [2.45, 2.75) is 45.9 Å². The Kier molecular flexibility index (Phi) is 5.10. The van der Waals surface area contributed by atoms with E-state index in [4.69, 9.17) is 9.72 Å². The fraction of sp³-hybridized carbons (Fsp3) is 0.300. The number of ether oxygens (including phenoxy) is 1. The van der Waals surface area contributed by atoms with Gasteiger partial charge in [-0.2, -0.15) is 0 Å². The highest BCUT2D eigenvalue weighted by Gasteiger charge is 2.31. The van der Waals surface area contributed by atoms with Gasteiger partial charge in [0.05, 0.1) is 23.0 Å². The summed E-state index contributed by atoms with van der Waals surface area (Å²) in [6, 6.07) is 16.2. The molecule has 4 heterocycles. The molecule has 3 atom stereocenters. The van der Waals surface area contributed by atoms with Gasteiger partial charge in [-0.25, -0.2) is 4.98 Å². The molecule has 2 aromatic heterocycles. The second-order valence-electron chi connectivity index (χ2n) is 10.8. The molecule has 2 aliphatic rings. The number of hydrogen-bond acceptors (Lipinski definition) is 5. The highest BCUT2D eigenvalue weighted by molar-refractivity contribution is 5.94. The van der Waals surface area contributed by atoms with Crippen LogP contribution >= 0.6 is 0 Å². The quantitative estimate of drug-likeness (QED) is 0.351. The molecular formula is C30H29N5O3. The molecule has 2 aliphatic heterocycles. The highest BCUT2D eigenvalue weighted by Crippen LogP contribution is 2.35. The summed E-state index contributed by atoms with van der Waals surface area (Å²) < 4.78 is 8.31. The van der Waals surface area contributed by atoms with Crippen LogP contribution in [0, 0.1) is 13.8 Å². The zero-order valence-corrected chi connectivity index (χ0v) is 21.7. The van der Waals surface area contributed by atoms with E-state index in [1.807, 2.05) is 18.2 Å². The lowest BCUT2D eigenvalue weighted by Gasteiger charge is -2.21. The maximum atomic E-state index is 13.4. The summed E-state index contributed by atoms with van der Waals surface area (Å²) in [7, 11) is 0. The molecule has 0 spiro atoms. The fourth-order valence-electron chi connectivity index (χ4n) is 6.13. The van der Waals surface area contributed by atoms with Crippen molar-refractivity contribution >= 4 is 21.9 Å². The molecule has 2 N–H and O–H groups in total. The zero-order valence-electron chi connectivity index (χ0n) is 21.7. The molecule has 0 radical (unpaired) electrons. The molecule has 38 heavy (non-hydrogen) atoms. The lowest BCUT2D eigenvalue weighted by molar-refractivity contribution is 0.195. The molecule has 7 rings (SSSR count). The average Bonchev–Trinajstić information content (AvgIpc) is 3.39. The first kappa shape index (κ1) is 23.0. The zero-order chi connectivity index (χ0) is 26.1. The molecule has 6 bridgehead atoms. The largest absolute Gasteiger partial charge is 0.487 e. The van der Waals surface area contributed by atoms with Crippen molar-refractivity contribution in [3.63, 3.8) is 0 Å². The summed E-state index contributed by atoms with van der Waals surface area (Å²) in [6.45, 7) is 8.38. The predicted molar refractivity (Wildman–Crippen MR) is 149 cm³/mol. The highest BCUT2D eigenvalue weighted by atomic mass is 16.5. The van der Waals surface area contributed by atoms with E-state index in [0.29, 0.717) is 45.8 Å². The third-order valence-electron chi connectivity index (χ3n) is 7.93. The molecule has 5 aromatic rings. The molecule has 192 valence electrons. The minimum atomic E-state index is -0.310. The van der Waals surface area contributed by atoms with Crippen LogP contribution in [0.25, 0.3) is 44.3 Å². The Labute approximate surface area is 218 Å². The van der Waals surface area contributed by atoms with Crippen molar-refractivity contribution in [1.29, 1.82) is 0 Å². The van der Waals surface area contributed by atoms with Crippen LogP contribution in [0.2, 0.25) is 0 Å². The molecule has 0 amide bonds. The minimum Gasteiger partial charge on any atom is -0.487 e. The maximum absolute atomic E-state index is 13.4. The number of rotatable bonds is 1. The topological polar surface area (TPSA) is 96.0 Å². The average molecular weight is 508 g/mol. The van der Waals surface area contributed by atoms with E-state index >= 15 is 0 Å². The Morgan fingerprint density at radius 1 is 1.00 bits per heavy atom. The van der Waals surface area contributed by atoms with Crippen molar-refractivity contribution in [3.8, 4) is 28.1 Å². The molecule has 8 nitrogen and oxygen atoms in total. The number of aromatic amines is 2. The number of nitrogens with zero attached hydrogens (tertiary/aromatic N) is 3. The van der Waals surface area contributed by atoms with Crippen LogP contribution in [0.4, 0.5) is 0 Å². The predicted octanol–water partition coefficient (Wildman–Crippen LogP) is 4.37. The van der Waals surface area contributed by atoms with Crippen LogP contribution < -0.4 is 15.9 Å². The van der Waals surface area contributed by atoms with Gasteiger partial charge < -0.3 is 9.72 Å². The number of fused-ring (bicyclic) bond motifs is 5. The first-order chi connectivity index (χ1) is 18.3. The van der Waals surface area contributed by atoms with E-state index in [2.05, 4.69) is 54.0 Å². The van der Waals surface area contributed by atoms with Gasteiger partial charge in [-0.1, -0.05) is 41.5 Å². The van der Waals surface area contributed by atoms with Crippen LogP contribution in [0.15, 0.2) is 58.1 Å². The number of H-pyrrole nitrogens is 2.